The van der Waals surface area contributed by atoms with Crippen LogP contribution in [0.15, 0.2) is 48.0 Å². The predicted octanol–water partition coefficient (Wildman–Crippen LogP) is 6.53. The zero-order chi connectivity index (χ0) is 17.2. The number of aliphatic imine (C=N–C) groups is 1. The van der Waals surface area contributed by atoms with E-state index in [2.05, 4.69) is 37.2 Å². The van der Waals surface area contributed by atoms with Gasteiger partial charge in [0.2, 0.25) is 0 Å². The second-order valence-electron chi connectivity index (χ2n) is 6.90. The van der Waals surface area contributed by atoms with E-state index in [1.165, 1.54) is 61.1 Å². The van der Waals surface area contributed by atoms with E-state index in [4.69, 9.17) is 0 Å². The van der Waals surface area contributed by atoms with E-state index in [1.54, 1.807) is 11.3 Å². The SMILES string of the molecule is C=C/C(=C\N=C/C(=C)BC1CCCCCCCC1)c1ccc(C)s1. The first-order valence-corrected chi connectivity index (χ1v) is 10.1. The van der Waals surface area contributed by atoms with Gasteiger partial charge in [-0.05, 0) is 19.1 Å². The summed E-state index contributed by atoms with van der Waals surface area (Å²) in [5, 5.41) is 0. The average molecular weight is 339 g/mol. The zero-order valence-corrected chi connectivity index (χ0v) is 15.9. The lowest BCUT2D eigenvalue weighted by atomic mass is 9.56. The number of allylic oxidation sites excluding steroid dienone is 3. The minimum absolute atomic E-state index is 0.796. The molecule has 1 aliphatic carbocycles. The first kappa shape index (κ1) is 19.0. The largest absolute Gasteiger partial charge is 0.265 e. The Balaban J connectivity index is 1.88. The number of nitrogens with zero attached hydrogens (tertiary/aromatic N) is 1. The van der Waals surface area contributed by atoms with Crippen molar-refractivity contribution in [1.29, 1.82) is 0 Å². The Morgan fingerprint density at radius 1 is 1.17 bits per heavy atom. The molecule has 1 nitrogen and oxygen atoms in total. The van der Waals surface area contributed by atoms with Crippen molar-refractivity contribution in [1.82, 2.24) is 0 Å². The highest BCUT2D eigenvalue weighted by Gasteiger charge is 2.12. The Morgan fingerprint density at radius 3 is 2.42 bits per heavy atom. The monoisotopic (exact) mass is 339 g/mol. The van der Waals surface area contributed by atoms with Crippen LogP contribution < -0.4 is 0 Å². The summed E-state index contributed by atoms with van der Waals surface area (Å²) in [7, 11) is 1.10. The van der Waals surface area contributed by atoms with E-state index in [9.17, 15) is 0 Å². The van der Waals surface area contributed by atoms with Gasteiger partial charge >= 0.3 is 0 Å². The fraction of sp³-hybridized carbons (Fsp3) is 0.476. The molecule has 0 amide bonds. The van der Waals surface area contributed by atoms with Crippen LogP contribution in [0.3, 0.4) is 0 Å². The molecule has 0 radical (unpaired) electrons. The van der Waals surface area contributed by atoms with Gasteiger partial charge in [0.05, 0.1) is 0 Å². The topological polar surface area (TPSA) is 12.4 Å². The number of thiophene rings is 1. The van der Waals surface area contributed by atoms with Crippen LogP contribution in [0.2, 0.25) is 5.82 Å². The summed E-state index contributed by atoms with van der Waals surface area (Å²) in [5.74, 6) is 0.796. The van der Waals surface area contributed by atoms with Crippen molar-refractivity contribution in [2.75, 3.05) is 0 Å². The first-order chi connectivity index (χ1) is 11.7. The van der Waals surface area contributed by atoms with Crippen LogP contribution in [-0.4, -0.2) is 13.5 Å². The lowest BCUT2D eigenvalue weighted by molar-refractivity contribution is 0.620. The molecule has 0 aromatic carbocycles. The Labute approximate surface area is 152 Å². The van der Waals surface area contributed by atoms with Crippen LogP contribution in [0.1, 0.15) is 61.1 Å². The van der Waals surface area contributed by atoms with Crippen LogP contribution in [0.25, 0.3) is 5.57 Å². The molecular weight excluding hydrogens is 309 g/mol. The Morgan fingerprint density at radius 2 is 1.83 bits per heavy atom. The minimum atomic E-state index is 0.796. The van der Waals surface area contributed by atoms with Crippen molar-refractivity contribution < 1.29 is 0 Å². The maximum absolute atomic E-state index is 4.50. The molecule has 24 heavy (non-hydrogen) atoms. The molecule has 1 aromatic heterocycles. The Kier molecular flexibility index (Phi) is 8.31. The molecule has 1 aliphatic rings. The minimum Gasteiger partial charge on any atom is -0.265 e. The molecule has 2 rings (SSSR count). The van der Waals surface area contributed by atoms with Gasteiger partial charge < -0.3 is 0 Å². The zero-order valence-electron chi connectivity index (χ0n) is 15.1. The maximum Gasteiger partial charge on any atom is 0.162 e. The highest BCUT2D eigenvalue weighted by atomic mass is 32.1. The highest BCUT2D eigenvalue weighted by molar-refractivity contribution is 7.13. The maximum atomic E-state index is 4.50. The summed E-state index contributed by atoms with van der Waals surface area (Å²) in [6.07, 6.45) is 16.9. The van der Waals surface area contributed by atoms with Gasteiger partial charge in [-0.25, -0.2) is 0 Å². The number of hydrogen-bond acceptors (Lipinski definition) is 2. The van der Waals surface area contributed by atoms with E-state index in [-0.39, 0.29) is 0 Å². The molecule has 0 saturated heterocycles. The van der Waals surface area contributed by atoms with E-state index < -0.39 is 0 Å². The van der Waals surface area contributed by atoms with Crippen molar-refractivity contribution in [2.24, 2.45) is 4.99 Å². The Bertz CT molecular complexity index is 587. The summed E-state index contributed by atoms with van der Waals surface area (Å²) in [4.78, 5) is 7.04. The van der Waals surface area contributed by atoms with Crippen molar-refractivity contribution >= 4 is 30.4 Å². The molecule has 128 valence electrons. The number of rotatable bonds is 6. The van der Waals surface area contributed by atoms with Gasteiger partial charge in [0.1, 0.15) is 0 Å². The van der Waals surface area contributed by atoms with Gasteiger partial charge in [-0.15, -0.1) is 17.9 Å². The number of hydrogen-bond donors (Lipinski definition) is 0. The third-order valence-electron chi connectivity index (χ3n) is 4.74. The molecular formula is C21H30BNS. The molecule has 0 unspecified atom stereocenters. The quantitative estimate of drug-likeness (QED) is 0.317. The van der Waals surface area contributed by atoms with E-state index in [1.807, 2.05) is 18.5 Å². The van der Waals surface area contributed by atoms with Crippen LogP contribution >= 0.6 is 11.3 Å². The van der Waals surface area contributed by atoms with Crippen LogP contribution in [0.4, 0.5) is 0 Å². The summed E-state index contributed by atoms with van der Waals surface area (Å²) in [5.41, 5.74) is 2.24. The summed E-state index contributed by atoms with van der Waals surface area (Å²) >= 11 is 1.78. The molecule has 0 spiro atoms. The molecule has 0 bridgehead atoms. The molecule has 1 saturated carbocycles. The van der Waals surface area contributed by atoms with Crippen molar-refractivity contribution in [3.63, 3.8) is 0 Å². The third kappa shape index (κ3) is 6.64. The normalized spacial score (nSPS) is 18.0. The molecule has 1 heterocycles. The molecule has 0 aliphatic heterocycles. The Hall–Kier alpha value is -1.35. The standard InChI is InChI=1S/C21H30BNS/c1-4-19(21-14-13-18(3)24-21)16-23-15-17(2)22-20-11-9-7-5-6-8-10-12-20/h4,13-16,20,22H,1-2,5-12H2,3H3/b19-16+,23-15-. The van der Waals surface area contributed by atoms with Crippen molar-refractivity contribution in [3.8, 4) is 0 Å². The molecule has 3 heteroatoms. The van der Waals surface area contributed by atoms with Gasteiger partial charge in [-0.1, -0.05) is 75.3 Å². The van der Waals surface area contributed by atoms with Gasteiger partial charge in [0, 0.05) is 27.7 Å². The van der Waals surface area contributed by atoms with Gasteiger partial charge in [-0.3, -0.25) is 4.99 Å². The summed E-state index contributed by atoms with van der Waals surface area (Å²) in [6.45, 7) is 10.3. The number of aryl methyl sites for hydroxylation is 1. The van der Waals surface area contributed by atoms with E-state index >= 15 is 0 Å². The second kappa shape index (κ2) is 10.5. The molecule has 0 N–H and O–H groups in total. The average Bonchev–Trinajstić information content (AvgIpc) is 3.03. The summed E-state index contributed by atoms with van der Waals surface area (Å²) in [6, 6.07) is 4.27. The van der Waals surface area contributed by atoms with Crippen LogP contribution in [0.5, 0.6) is 0 Å². The van der Waals surface area contributed by atoms with E-state index in [0.29, 0.717) is 0 Å². The van der Waals surface area contributed by atoms with Gasteiger partial charge in [-0.2, -0.15) is 0 Å². The fourth-order valence-electron chi connectivity index (χ4n) is 3.37. The van der Waals surface area contributed by atoms with Crippen molar-refractivity contribution in [3.05, 3.63) is 52.8 Å². The van der Waals surface area contributed by atoms with Gasteiger partial charge in [0.25, 0.3) is 0 Å². The highest BCUT2D eigenvalue weighted by Crippen LogP contribution is 2.27. The predicted molar refractivity (Wildman–Crippen MR) is 113 cm³/mol. The van der Waals surface area contributed by atoms with E-state index in [0.717, 1.165) is 24.1 Å². The summed E-state index contributed by atoms with van der Waals surface area (Å²) < 4.78 is 0. The second-order valence-corrected chi connectivity index (χ2v) is 8.19. The van der Waals surface area contributed by atoms with Crippen LogP contribution in [0, 0.1) is 6.92 Å². The molecule has 0 atom stereocenters. The first-order valence-electron chi connectivity index (χ1n) is 9.29. The molecule has 1 fully saturated rings. The fourth-order valence-corrected chi connectivity index (χ4v) is 4.25. The third-order valence-corrected chi connectivity index (χ3v) is 5.79. The smallest absolute Gasteiger partial charge is 0.162 e. The lowest BCUT2D eigenvalue weighted by Crippen LogP contribution is -2.07. The van der Waals surface area contributed by atoms with Crippen molar-refractivity contribution in [2.45, 2.75) is 64.1 Å². The van der Waals surface area contributed by atoms with Gasteiger partial charge in [0.15, 0.2) is 7.28 Å². The lowest BCUT2D eigenvalue weighted by Gasteiger charge is -2.14. The molecule has 1 aromatic rings. The van der Waals surface area contributed by atoms with Crippen LogP contribution in [-0.2, 0) is 0 Å².